The molecule has 1 N–H and O–H groups in total. The highest BCUT2D eigenvalue weighted by molar-refractivity contribution is 6.32. The van der Waals surface area contributed by atoms with Crippen LogP contribution in [0.3, 0.4) is 0 Å². The normalized spacial score (nSPS) is 16.8. The smallest absolute Gasteiger partial charge is 0.417 e. The molecule has 4 rings (SSSR count). The zero-order chi connectivity index (χ0) is 23.0. The minimum Gasteiger partial charge on any atom is -0.443 e. The van der Waals surface area contributed by atoms with Crippen molar-refractivity contribution in [3.05, 3.63) is 46.6 Å². The Morgan fingerprint density at radius 2 is 1.78 bits per heavy atom. The Morgan fingerprint density at radius 1 is 1.12 bits per heavy atom. The van der Waals surface area contributed by atoms with Crippen LogP contribution >= 0.6 is 11.6 Å². The maximum atomic E-state index is 13.1. The number of aromatic nitrogens is 1. The van der Waals surface area contributed by atoms with Crippen LogP contribution in [0.15, 0.2) is 30.5 Å². The fraction of sp³-hybridized carbons (Fsp3) is 0.435. The summed E-state index contributed by atoms with van der Waals surface area (Å²) in [5.74, 6) is -0.103. The van der Waals surface area contributed by atoms with Gasteiger partial charge in [-0.1, -0.05) is 11.6 Å². The van der Waals surface area contributed by atoms with E-state index in [9.17, 15) is 9.59 Å². The Kier molecular flexibility index (Phi) is 6.01. The third-order valence-electron chi connectivity index (χ3n) is 5.52. The molecule has 0 radical (unpaired) electrons. The number of imide groups is 1. The summed E-state index contributed by atoms with van der Waals surface area (Å²) in [4.78, 5) is 35.6. The van der Waals surface area contributed by atoms with Gasteiger partial charge in [-0.2, -0.15) is 0 Å². The van der Waals surface area contributed by atoms with Gasteiger partial charge in [-0.25, -0.2) is 14.7 Å². The predicted octanol–water partition coefficient (Wildman–Crippen LogP) is 4.12. The monoisotopic (exact) mass is 457 g/mol. The second kappa shape index (κ2) is 8.60. The number of ether oxygens (including phenoxy) is 1. The number of hydrogen-bond acceptors (Lipinski definition) is 7. The summed E-state index contributed by atoms with van der Waals surface area (Å²) in [7, 11) is 2.13. The molecule has 2 aromatic rings. The molecule has 0 unspecified atom stereocenters. The van der Waals surface area contributed by atoms with E-state index in [1.807, 2.05) is 12.1 Å². The number of nitrogens with zero attached hydrogens (tertiary/aromatic N) is 4. The van der Waals surface area contributed by atoms with Gasteiger partial charge in [-0.3, -0.25) is 4.79 Å². The molecule has 8 nitrogen and oxygen atoms in total. The molecule has 1 aromatic heterocycles. The Balaban J connectivity index is 1.53. The van der Waals surface area contributed by atoms with Crippen molar-refractivity contribution in [1.29, 1.82) is 0 Å². The molecule has 3 heterocycles. The van der Waals surface area contributed by atoms with Crippen LogP contribution in [-0.4, -0.2) is 65.6 Å². The van der Waals surface area contributed by atoms with E-state index in [0.717, 1.165) is 42.5 Å². The number of anilines is 3. The molecule has 1 saturated heterocycles. The number of fused-ring (bicyclic) bond motifs is 1. The SMILES string of the molecule is CN1CCN(c2ccc(Nc3ncc(Cl)c4c3C(=O)N(C(=O)OC(C)(C)C)C4)cc2)CC1. The number of piperazine rings is 1. The Morgan fingerprint density at radius 3 is 2.41 bits per heavy atom. The lowest BCUT2D eigenvalue weighted by Crippen LogP contribution is -2.44. The first-order valence-electron chi connectivity index (χ1n) is 10.7. The zero-order valence-corrected chi connectivity index (χ0v) is 19.6. The van der Waals surface area contributed by atoms with E-state index in [2.05, 4.69) is 39.3 Å². The molecule has 0 spiro atoms. The molecule has 0 aliphatic carbocycles. The molecule has 170 valence electrons. The largest absolute Gasteiger partial charge is 0.443 e. The number of nitrogens with one attached hydrogen (secondary N) is 1. The van der Waals surface area contributed by atoms with E-state index < -0.39 is 17.6 Å². The standard InChI is InChI=1S/C23H28ClN5O3/c1-23(2,3)32-22(31)29-14-17-18(24)13-25-20(19(17)21(29)30)26-15-5-7-16(8-6-15)28-11-9-27(4)10-12-28/h5-8,13H,9-12,14H2,1-4H3,(H,25,26). The van der Waals surface area contributed by atoms with Crippen LogP contribution in [0.1, 0.15) is 36.7 Å². The van der Waals surface area contributed by atoms with Gasteiger partial charge in [-0.05, 0) is 52.1 Å². The van der Waals surface area contributed by atoms with E-state index >= 15 is 0 Å². The molecule has 1 aromatic carbocycles. The molecule has 1 fully saturated rings. The predicted molar refractivity (Wildman–Crippen MR) is 125 cm³/mol. The van der Waals surface area contributed by atoms with Crippen molar-refractivity contribution in [2.24, 2.45) is 0 Å². The van der Waals surface area contributed by atoms with Crippen LogP contribution in [0, 0.1) is 0 Å². The van der Waals surface area contributed by atoms with Crippen molar-refractivity contribution < 1.29 is 14.3 Å². The number of benzene rings is 1. The topological polar surface area (TPSA) is 78.0 Å². The molecular formula is C23H28ClN5O3. The van der Waals surface area contributed by atoms with Gasteiger partial charge in [0.2, 0.25) is 0 Å². The maximum Gasteiger partial charge on any atom is 0.417 e. The minimum absolute atomic E-state index is 0.0570. The number of halogens is 1. The van der Waals surface area contributed by atoms with Gasteiger partial charge in [0.25, 0.3) is 5.91 Å². The highest BCUT2D eigenvalue weighted by atomic mass is 35.5. The summed E-state index contributed by atoms with van der Waals surface area (Å²) in [5.41, 5.74) is 2.11. The van der Waals surface area contributed by atoms with Crippen molar-refractivity contribution in [1.82, 2.24) is 14.8 Å². The molecule has 0 saturated carbocycles. The lowest BCUT2D eigenvalue weighted by atomic mass is 10.1. The molecule has 2 aliphatic rings. The fourth-order valence-corrected chi connectivity index (χ4v) is 4.00. The first-order valence-corrected chi connectivity index (χ1v) is 11.0. The highest BCUT2D eigenvalue weighted by Crippen LogP contribution is 2.35. The maximum absolute atomic E-state index is 13.1. The van der Waals surface area contributed by atoms with Gasteiger partial charge in [0.05, 0.1) is 17.1 Å². The first kappa shape index (κ1) is 22.4. The van der Waals surface area contributed by atoms with E-state index in [4.69, 9.17) is 16.3 Å². The molecule has 0 bridgehead atoms. The number of hydrogen-bond donors (Lipinski definition) is 1. The van der Waals surface area contributed by atoms with Gasteiger partial charge in [0, 0.05) is 49.3 Å². The minimum atomic E-state index is -0.708. The third kappa shape index (κ3) is 4.66. The van der Waals surface area contributed by atoms with E-state index in [1.54, 1.807) is 20.8 Å². The number of carbonyl (C=O) groups is 2. The highest BCUT2D eigenvalue weighted by Gasteiger charge is 2.38. The summed E-state index contributed by atoms with van der Waals surface area (Å²) >= 11 is 6.30. The molecule has 2 amide bonds. The van der Waals surface area contributed by atoms with Crippen molar-refractivity contribution in [2.45, 2.75) is 32.9 Å². The number of likely N-dealkylation sites (N-methyl/N-ethyl adjacent to an activating group) is 1. The van der Waals surface area contributed by atoms with Crippen LogP contribution in [0.4, 0.5) is 22.0 Å². The second-order valence-corrected chi connectivity index (χ2v) is 9.55. The summed E-state index contributed by atoms with van der Waals surface area (Å²) < 4.78 is 5.37. The van der Waals surface area contributed by atoms with Crippen LogP contribution < -0.4 is 10.2 Å². The van der Waals surface area contributed by atoms with Crippen molar-refractivity contribution in [3.63, 3.8) is 0 Å². The van der Waals surface area contributed by atoms with Crippen molar-refractivity contribution in [2.75, 3.05) is 43.4 Å². The van der Waals surface area contributed by atoms with Crippen molar-refractivity contribution >= 4 is 40.8 Å². The number of amides is 2. The molecule has 32 heavy (non-hydrogen) atoms. The first-order chi connectivity index (χ1) is 15.1. The van der Waals surface area contributed by atoms with Crippen LogP contribution in [-0.2, 0) is 11.3 Å². The Labute approximate surface area is 193 Å². The van der Waals surface area contributed by atoms with Gasteiger partial charge in [0.15, 0.2) is 0 Å². The van der Waals surface area contributed by atoms with Gasteiger partial charge >= 0.3 is 6.09 Å². The summed E-state index contributed by atoms with van der Waals surface area (Å²) in [6.07, 6.45) is 0.796. The summed E-state index contributed by atoms with van der Waals surface area (Å²) in [6.45, 7) is 9.38. The van der Waals surface area contributed by atoms with E-state index in [0.29, 0.717) is 22.0 Å². The number of rotatable bonds is 3. The van der Waals surface area contributed by atoms with E-state index in [1.165, 1.54) is 6.20 Å². The van der Waals surface area contributed by atoms with Crippen molar-refractivity contribution in [3.8, 4) is 0 Å². The van der Waals surface area contributed by atoms with Gasteiger partial charge in [-0.15, -0.1) is 0 Å². The molecule has 2 aliphatic heterocycles. The Hall–Kier alpha value is -2.84. The number of carbonyl (C=O) groups excluding carboxylic acids is 2. The fourth-order valence-electron chi connectivity index (χ4n) is 3.79. The van der Waals surface area contributed by atoms with E-state index in [-0.39, 0.29) is 6.54 Å². The average Bonchev–Trinajstić information content (AvgIpc) is 3.09. The van der Waals surface area contributed by atoms with Crippen LogP contribution in [0.5, 0.6) is 0 Å². The van der Waals surface area contributed by atoms with Gasteiger partial charge in [0.1, 0.15) is 11.4 Å². The molecular weight excluding hydrogens is 430 g/mol. The van der Waals surface area contributed by atoms with Crippen LogP contribution in [0.25, 0.3) is 0 Å². The second-order valence-electron chi connectivity index (χ2n) is 9.14. The quantitative estimate of drug-likeness (QED) is 0.742. The lowest BCUT2D eigenvalue weighted by molar-refractivity contribution is 0.0248. The zero-order valence-electron chi connectivity index (χ0n) is 18.8. The third-order valence-corrected chi connectivity index (χ3v) is 5.85. The Bertz CT molecular complexity index is 1030. The molecule has 9 heteroatoms. The lowest BCUT2D eigenvalue weighted by Gasteiger charge is -2.34. The van der Waals surface area contributed by atoms with Crippen LogP contribution in [0.2, 0.25) is 5.02 Å². The summed E-state index contributed by atoms with van der Waals surface area (Å²) in [6, 6.07) is 8.03. The summed E-state index contributed by atoms with van der Waals surface area (Å²) in [5, 5.41) is 3.55. The average molecular weight is 458 g/mol. The molecule has 0 atom stereocenters. The van der Waals surface area contributed by atoms with Gasteiger partial charge < -0.3 is 19.9 Å². The number of pyridine rings is 1.